The van der Waals surface area contributed by atoms with Gasteiger partial charge in [-0.15, -0.1) is 0 Å². The molecule has 1 aromatic carbocycles. The first-order chi connectivity index (χ1) is 9.86. The maximum atomic E-state index is 11.9. The topological polar surface area (TPSA) is 78.0 Å². The van der Waals surface area contributed by atoms with Crippen molar-refractivity contribution in [2.75, 3.05) is 12.0 Å². The van der Waals surface area contributed by atoms with Crippen molar-refractivity contribution in [1.29, 1.82) is 0 Å². The summed E-state index contributed by atoms with van der Waals surface area (Å²) in [4.78, 5) is 4.57. The number of nitrogens with zero attached hydrogens (tertiary/aromatic N) is 2. The van der Waals surface area contributed by atoms with Gasteiger partial charge in [0, 0.05) is 12.8 Å². The molecule has 0 saturated heterocycles. The number of para-hydroxylation sites is 1. The van der Waals surface area contributed by atoms with Crippen LogP contribution in [0, 0.1) is 5.41 Å². The van der Waals surface area contributed by atoms with Crippen LogP contribution in [0.5, 0.6) is 0 Å². The first-order valence-corrected chi connectivity index (χ1v) is 9.20. The highest BCUT2D eigenvalue weighted by molar-refractivity contribution is 7.91. The molecule has 0 unspecified atom stereocenters. The smallest absolute Gasteiger partial charge is 0.201 e. The van der Waals surface area contributed by atoms with E-state index in [4.69, 9.17) is 5.73 Å². The third kappa shape index (κ3) is 2.31. The number of sulfone groups is 1. The molecule has 1 aromatic heterocycles. The Hall–Kier alpha value is -1.56. The first kappa shape index (κ1) is 14.4. The fraction of sp³-hybridized carbons (Fsp3) is 0.533. The third-order valence-corrected chi connectivity index (χ3v) is 5.96. The lowest BCUT2D eigenvalue weighted by Crippen LogP contribution is -2.33. The van der Waals surface area contributed by atoms with E-state index in [-0.39, 0.29) is 4.90 Å². The number of hydrogen-bond donors (Lipinski definition) is 1. The highest BCUT2D eigenvalue weighted by Crippen LogP contribution is 2.46. The molecule has 0 bridgehead atoms. The van der Waals surface area contributed by atoms with Crippen molar-refractivity contribution in [2.45, 2.75) is 44.0 Å². The number of imidazole rings is 1. The van der Waals surface area contributed by atoms with Crippen LogP contribution in [0.3, 0.4) is 0 Å². The monoisotopic (exact) mass is 307 g/mol. The normalized spacial score (nSPS) is 17.8. The molecular weight excluding hydrogens is 286 g/mol. The minimum absolute atomic E-state index is 0.254. The van der Waals surface area contributed by atoms with Crippen LogP contribution < -0.4 is 5.73 Å². The Morgan fingerprint density at radius 2 is 2.10 bits per heavy atom. The maximum Gasteiger partial charge on any atom is 0.201 e. The van der Waals surface area contributed by atoms with Crippen LogP contribution in [-0.4, -0.2) is 24.2 Å². The lowest BCUT2D eigenvalue weighted by Gasteiger charge is -2.41. The Kier molecular flexibility index (Phi) is 3.24. The molecule has 2 aromatic rings. The van der Waals surface area contributed by atoms with Crippen LogP contribution in [0.4, 0.5) is 5.95 Å². The summed E-state index contributed by atoms with van der Waals surface area (Å²) in [5.41, 5.74) is 7.66. The van der Waals surface area contributed by atoms with Gasteiger partial charge < -0.3 is 10.3 Å². The fourth-order valence-electron chi connectivity index (χ4n) is 3.24. The van der Waals surface area contributed by atoms with Crippen LogP contribution in [0.1, 0.15) is 32.6 Å². The second kappa shape index (κ2) is 4.73. The van der Waals surface area contributed by atoms with Crippen LogP contribution in [0.2, 0.25) is 0 Å². The lowest BCUT2D eigenvalue weighted by atomic mass is 9.67. The molecule has 21 heavy (non-hydrogen) atoms. The molecule has 1 fully saturated rings. The highest BCUT2D eigenvalue weighted by Gasteiger charge is 2.36. The van der Waals surface area contributed by atoms with Gasteiger partial charge in [0.25, 0.3) is 0 Å². The van der Waals surface area contributed by atoms with Gasteiger partial charge >= 0.3 is 0 Å². The fourth-order valence-corrected chi connectivity index (χ4v) is 4.07. The van der Waals surface area contributed by atoms with E-state index in [0.29, 0.717) is 16.9 Å². The summed E-state index contributed by atoms with van der Waals surface area (Å²) in [5.74, 6) is 0.404. The van der Waals surface area contributed by atoms with Crippen LogP contribution in [-0.2, 0) is 16.4 Å². The summed E-state index contributed by atoms with van der Waals surface area (Å²) in [6.07, 6.45) is 5.98. The molecule has 1 aliphatic carbocycles. The van der Waals surface area contributed by atoms with Crippen molar-refractivity contribution in [3.63, 3.8) is 0 Å². The molecule has 0 spiro atoms. The minimum atomic E-state index is -3.31. The average molecular weight is 307 g/mol. The molecule has 0 atom stereocenters. The predicted octanol–water partition coefficient (Wildman–Crippen LogP) is 2.60. The van der Waals surface area contributed by atoms with Crippen LogP contribution >= 0.6 is 0 Å². The first-order valence-electron chi connectivity index (χ1n) is 7.31. The van der Waals surface area contributed by atoms with Gasteiger partial charge in [0.15, 0.2) is 9.84 Å². The largest absolute Gasteiger partial charge is 0.369 e. The Labute approximate surface area is 125 Å². The molecule has 3 rings (SSSR count). The van der Waals surface area contributed by atoms with E-state index in [0.717, 1.165) is 18.5 Å². The number of fused-ring (bicyclic) bond motifs is 1. The molecule has 114 valence electrons. The Balaban J connectivity index is 2.14. The molecule has 1 aliphatic rings. The zero-order chi connectivity index (χ0) is 15.3. The number of rotatable bonds is 4. The second-order valence-electron chi connectivity index (χ2n) is 6.16. The van der Waals surface area contributed by atoms with Gasteiger partial charge in [0.1, 0.15) is 5.52 Å². The molecule has 1 saturated carbocycles. The second-order valence-corrected chi connectivity index (χ2v) is 8.14. The molecule has 0 radical (unpaired) electrons. The van der Waals surface area contributed by atoms with Crippen LogP contribution in [0.15, 0.2) is 23.1 Å². The van der Waals surface area contributed by atoms with E-state index in [2.05, 4.69) is 11.9 Å². The van der Waals surface area contributed by atoms with Crippen molar-refractivity contribution in [3.05, 3.63) is 18.2 Å². The lowest BCUT2D eigenvalue weighted by molar-refractivity contribution is 0.103. The number of nitrogens with two attached hydrogens (primary N) is 1. The van der Waals surface area contributed by atoms with E-state index in [1.807, 2.05) is 10.6 Å². The number of aromatic nitrogens is 2. The van der Waals surface area contributed by atoms with Gasteiger partial charge in [-0.3, -0.25) is 0 Å². The van der Waals surface area contributed by atoms with E-state index < -0.39 is 9.84 Å². The molecular formula is C15H21N3O2S. The standard InChI is InChI=1S/C15H21N3O2S/c1-3-15(8-5-9-15)10-18-11-6-4-7-12(21(2,19)20)13(11)17-14(18)16/h4,6-7H,3,5,8-10H2,1-2H3,(H2,16,17). The van der Waals surface area contributed by atoms with Crippen molar-refractivity contribution >= 4 is 26.8 Å². The Bertz CT molecular complexity index is 783. The van der Waals surface area contributed by atoms with Gasteiger partial charge in [-0.25, -0.2) is 13.4 Å². The summed E-state index contributed by atoms with van der Waals surface area (Å²) >= 11 is 0. The third-order valence-electron chi connectivity index (χ3n) is 4.83. The number of nitrogen functional groups attached to an aromatic ring is 1. The summed E-state index contributed by atoms with van der Waals surface area (Å²) in [6.45, 7) is 3.02. The highest BCUT2D eigenvalue weighted by atomic mass is 32.2. The SMILES string of the molecule is CCC1(Cn2c(N)nc3c(S(C)(=O)=O)cccc32)CCC1. The summed E-state index contributed by atoms with van der Waals surface area (Å²) in [6, 6.07) is 5.25. The van der Waals surface area contributed by atoms with Crippen molar-refractivity contribution in [3.8, 4) is 0 Å². The van der Waals surface area contributed by atoms with E-state index >= 15 is 0 Å². The van der Waals surface area contributed by atoms with Gasteiger partial charge in [-0.1, -0.05) is 19.4 Å². The Morgan fingerprint density at radius 1 is 1.38 bits per heavy atom. The molecule has 6 heteroatoms. The van der Waals surface area contributed by atoms with Gasteiger partial charge in [-0.2, -0.15) is 0 Å². The minimum Gasteiger partial charge on any atom is -0.369 e. The zero-order valence-electron chi connectivity index (χ0n) is 12.5. The van der Waals surface area contributed by atoms with E-state index in [1.54, 1.807) is 12.1 Å². The van der Waals surface area contributed by atoms with E-state index in [9.17, 15) is 8.42 Å². The molecule has 5 nitrogen and oxygen atoms in total. The predicted molar refractivity (Wildman–Crippen MR) is 83.8 cm³/mol. The molecule has 0 aliphatic heterocycles. The quantitative estimate of drug-likeness (QED) is 0.941. The summed E-state index contributed by atoms with van der Waals surface area (Å²) in [7, 11) is -3.31. The average Bonchev–Trinajstić information content (AvgIpc) is 2.68. The van der Waals surface area contributed by atoms with Crippen molar-refractivity contribution < 1.29 is 8.42 Å². The molecule has 1 heterocycles. The molecule has 0 amide bonds. The number of benzene rings is 1. The van der Waals surface area contributed by atoms with Gasteiger partial charge in [0.2, 0.25) is 5.95 Å². The van der Waals surface area contributed by atoms with Gasteiger partial charge in [0.05, 0.1) is 10.4 Å². The van der Waals surface area contributed by atoms with E-state index in [1.165, 1.54) is 25.5 Å². The van der Waals surface area contributed by atoms with Gasteiger partial charge in [-0.05, 0) is 36.8 Å². The summed E-state index contributed by atoms with van der Waals surface area (Å²) in [5, 5.41) is 0. The Morgan fingerprint density at radius 3 is 2.62 bits per heavy atom. The van der Waals surface area contributed by atoms with Crippen molar-refractivity contribution in [1.82, 2.24) is 9.55 Å². The number of anilines is 1. The number of hydrogen-bond acceptors (Lipinski definition) is 4. The van der Waals surface area contributed by atoms with Crippen LogP contribution in [0.25, 0.3) is 11.0 Å². The molecule has 2 N–H and O–H groups in total. The van der Waals surface area contributed by atoms with Crippen molar-refractivity contribution in [2.24, 2.45) is 5.41 Å². The zero-order valence-corrected chi connectivity index (χ0v) is 13.3. The summed E-state index contributed by atoms with van der Waals surface area (Å²) < 4.78 is 25.8. The maximum absolute atomic E-state index is 11.9.